The Hall–Kier alpha value is -3.84. The molecule has 2 amide bonds. The first kappa shape index (κ1) is 22.4. The molecule has 0 saturated carbocycles. The Bertz CT molecular complexity index is 1050. The lowest BCUT2D eigenvalue weighted by Crippen LogP contribution is -2.48. The van der Waals surface area contributed by atoms with Crippen LogP contribution < -0.4 is 20.5 Å². The van der Waals surface area contributed by atoms with Crippen molar-refractivity contribution in [3.63, 3.8) is 0 Å². The van der Waals surface area contributed by atoms with Gasteiger partial charge >= 0.3 is 0 Å². The molecule has 3 aromatic rings. The maximum absolute atomic E-state index is 12.4. The number of hydrogen-bond donors (Lipinski definition) is 2. The number of hydrazine groups is 1. The summed E-state index contributed by atoms with van der Waals surface area (Å²) in [5.74, 6) is 0.631. The number of carbonyl (C=O) groups is 2. The SMILES string of the molecule is O=C(CCN1CCN(c2ccccc2)CC1)NNC(=O)c1cccc(Oc2ccccc2)c1. The zero-order valence-electron chi connectivity index (χ0n) is 18.4. The molecule has 1 aliphatic rings. The van der Waals surface area contributed by atoms with Gasteiger partial charge in [0, 0.05) is 50.4 Å². The predicted octanol–water partition coefficient (Wildman–Crippen LogP) is 3.45. The fourth-order valence-electron chi connectivity index (χ4n) is 3.71. The zero-order valence-corrected chi connectivity index (χ0v) is 18.4. The molecular formula is C26H28N4O3. The number of para-hydroxylation sites is 2. The van der Waals surface area contributed by atoms with E-state index in [2.05, 4.69) is 32.8 Å². The second kappa shape index (κ2) is 11.2. The van der Waals surface area contributed by atoms with Crippen molar-refractivity contribution in [2.75, 3.05) is 37.6 Å². The summed E-state index contributed by atoms with van der Waals surface area (Å²) in [6, 6.07) is 26.5. The summed E-state index contributed by atoms with van der Waals surface area (Å²) in [4.78, 5) is 29.3. The van der Waals surface area contributed by atoms with Gasteiger partial charge in [-0.05, 0) is 42.5 Å². The third kappa shape index (κ3) is 6.57. The third-order valence-corrected chi connectivity index (χ3v) is 5.54. The molecular weight excluding hydrogens is 416 g/mol. The molecule has 1 fully saturated rings. The van der Waals surface area contributed by atoms with Crippen molar-refractivity contribution in [2.24, 2.45) is 0 Å². The first-order valence-electron chi connectivity index (χ1n) is 11.1. The number of piperazine rings is 1. The van der Waals surface area contributed by atoms with Crippen molar-refractivity contribution >= 4 is 17.5 Å². The predicted molar refractivity (Wildman–Crippen MR) is 128 cm³/mol. The van der Waals surface area contributed by atoms with E-state index in [1.54, 1.807) is 24.3 Å². The minimum atomic E-state index is -0.390. The Morgan fingerprint density at radius 1 is 0.758 bits per heavy atom. The van der Waals surface area contributed by atoms with E-state index < -0.39 is 5.91 Å². The molecule has 0 aromatic heterocycles. The number of carbonyl (C=O) groups excluding carboxylic acids is 2. The monoisotopic (exact) mass is 444 g/mol. The maximum Gasteiger partial charge on any atom is 0.269 e. The van der Waals surface area contributed by atoms with Crippen molar-refractivity contribution in [1.29, 1.82) is 0 Å². The molecule has 1 aliphatic heterocycles. The van der Waals surface area contributed by atoms with Crippen molar-refractivity contribution in [3.8, 4) is 11.5 Å². The van der Waals surface area contributed by atoms with Crippen LogP contribution in [-0.4, -0.2) is 49.4 Å². The smallest absolute Gasteiger partial charge is 0.269 e. The van der Waals surface area contributed by atoms with Crippen molar-refractivity contribution in [1.82, 2.24) is 15.8 Å². The second-order valence-electron chi connectivity index (χ2n) is 7.86. The van der Waals surface area contributed by atoms with Crippen LogP contribution in [-0.2, 0) is 4.79 Å². The lowest BCUT2D eigenvalue weighted by atomic mass is 10.2. The van der Waals surface area contributed by atoms with Crippen LogP contribution in [0.2, 0.25) is 0 Å². The number of ether oxygens (including phenoxy) is 1. The highest BCUT2D eigenvalue weighted by molar-refractivity contribution is 5.95. The van der Waals surface area contributed by atoms with Gasteiger partial charge < -0.3 is 9.64 Å². The largest absolute Gasteiger partial charge is 0.457 e. The van der Waals surface area contributed by atoms with E-state index >= 15 is 0 Å². The summed E-state index contributed by atoms with van der Waals surface area (Å²) in [7, 11) is 0. The van der Waals surface area contributed by atoms with Crippen LogP contribution in [0.15, 0.2) is 84.9 Å². The topological polar surface area (TPSA) is 73.9 Å². The van der Waals surface area contributed by atoms with E-state index in [9.17, 15) is 9.59 Å². The maximum atomic E-state index is 12.4. The molecule has 1 saturated heterocycles. The van der Waals surface area contributed by atoms with Gasteiger partial charge in [-0.2, -0.15) is 0 Å². The minimum Gasteiger partial charge on any atom is -0.457 e. The molecule has 33 heavy (non-hydrogen) atoms. The summed E-state index contributed by atoms with van der Waals surface area (Å²) < 4.78 is 5.76. The summed E-state index contributed by atoms with van der Waals surface area (Å²) >= 11 is 0. The molecule has 0 unspecified atom stereocenters. The highest BCUT2D eigenvalue weighted by atomic mass is 16.5. The average Bonchev–Trinajstić information content (AvgIpc) is 2.87. The zero-order chi connectivity index (χ0) is 22.9. The highest BCUT2D eigenvalue weighted by Crippen LogP contribution is 2.21. The Balaban J connectivity index is 1.18. The van der Waals surface area contributed by atoms with Crippen LogP contribution in [0.4, 0.5) is 5.69 Å². The molecule has 170 valence electrons. The first-order valence-corrected chi connectivity index (χ1v) is 11.1. The summed E-state index contributed by atoms with van der Waals surface area (Å²) in [5, 5.41) is 0. The van der Waals surface area contributed by atoms with Crippen LogP contribution in [0.3, 0.4) is 0 Å². The molecule has 0 radical (unpaired) electrons. The van der Waals surface area contributed by atoms with Crippen molar-refractivity contribution in [2.45, 2.75) is 6.42 Å². The van der Waals surface area contributed by atoms with Crippen LogP contribution in [0.1, 0.15) is 16.8 Å². The van der Waals surface area contributed by atoms with Gasteiger partial charge in [-0.3, -0.25) is 25.3 Å². The first-order chi connectivity index (χ1) is 16.2. The molecule has 3 aromatic carbocycles. The molecule has 0 bridgehead atoms. The molecule has 2 N–H and O–H groups in total. The quantitative estimate of drug-likeness (QED) is 0.546. The lowest BCUT2D eigenvalue weighted by Gasteiger charge is -2.36. The third-order valence-electron chi connectivity index (χ3n) is 5.54. The van der Waals surface area contributed by atoms with Gasteiger partial charge in [0.05, 0.1) is 0 Å². The van der Waals surface area contributed by atoms with E-state index in [-0.39, 0.29) is 5.91 Å². The van der Waals surface area contributed by atoms with Crippen molar-refractivity contribution in [3.05, 3.63) is 90.5 Å². The Kier molecular flexibility index (Phi) is 7.56. The normalized spacial score (nSPS) is 13.9. The Morgan fingerprint density at radius 2 is 1.42 bits per heavy atom. The standard InChI is InChI=1S/C26H28N4O3/c31-25(14-15-29-16-18-30(19-17-29)22-9-3-1-4-10-22)27-28-26(32)21-8-7-13-24(20-21)33-23-11-5-2-6-12-23/h1-13,20H,14-19H2,(H,27,31)(H,28,32). The fourth-order valence-corrected chi connectivity index (χ4v) is 3.71. The average molecular weight is 445 g/mol. The minimum absolute atomic E-state index is 0.217. The van der Waals surface area contributed by atoms with E-state index in [0.29, 0.717) is 30.0 Å². The fraction of sp³-hybridized carbons (Fsp3) is 0.231. The van der Waals surface area contributed by atoms with E-state index in [4.69, 9.17) is 4.74 Å². The van der Waals surface area contributed by atoms with Crippen LogP contribution >= 0.6 is 0 Å². The number of benzene rings is 3. The molecule has 7 nitrogen and oxygen atoms in total. The molecule has 1 heterocycles. The van der Waals surface area contributed by atoms with Gasteiger partial charge in [-0.1, -0.05) is 42.5 Å². The van der Waals surface area contributed by atoms with Gasteiger partial charge in [-0.25, -0.2) is 0 Å². The van der Waals surface area contributed by atoms with Crippen LogP contribution in [0.25, 0.3) is 0 Å². The Labute approximate surface area is 193 Å². The highest BCUT2D eigenvalue weighted by Gasteiger charge is 2.18. The lowest BCUT2D eigenvalue weighted by molar-refractivity contribution is -0.122. The van der Waals surface area contributed by atoms with E-state index in [1.165, 1.54) is 5.69 Å². The van der Waals surface area contributed by atoms with E-state index in [1.807, 2.05) is 48.5 Å². The second-order valence-corrected chi connectivity index (χ2v) is 7.86. The molecule has 0 aliphatic carbocycles. The van der Waals surface area contributed by atoms with Crippen LogP contribution in [0, 0.1) is 0 Å². The molecule has 0 spiro atoms. The number of amides is 2. The number of rotatable bonds is 7. The molecule has 4 rings (SSSR count). The van der Waals surface area contributed by atoms with Gasteiger partial charge in [-0.15, -0.1) is 0 Å². The summed E-state index contributed by atoms with van der Waals surface area (Å²) in [6.07, 6.45) is 0.322. The number of nitrogens with zero attached hydrogens (tertiary/aromatic N) is 2. The van der Waals surface area contributed by atoms with Gasteiger partial charge in [0.1, 0.15) is 11.5 Å². The summed E-state index contributed by atoms with van der Waals surface area (Å²) in [6.45, 7) is 4.34. The number of nitrogens with one attached hydrogen (secondary N) is 2. The van der Waals surface area contributed by atoms with Gasteiger partial charge in [0.2, 0.25) is 5.91 Å². The molecule has 7 heteroatoms. The van der Waals surface area contributed by atoms with Gasteiger partial charge in [0.25, 0.3) is 5.91 Å². The molecule has 0 atom stereocenters. The summed E-state index contributed by atoms with van der Waals surface area (Å²) in [5.41, 5.74) is 6.63. The number of hydrogen-bond acceptors (Lipinski definition) is 5. The van der Waals surface area contributed by atoms with Crippen molar-refractivity contribution < 1.29 is 14.3 Å². The van der Waals surface area contributed by atoms with Gasteiger partial charge in [0.15, 0.2) is 0 Å². The van der Waals surface area contributed by atoms with Crippen LogP contribution in [0.5, 0.6) is 11.5 Å². The van der Waals surface area contributed by atoms with E-state index in [0.717, 1.165) is 26.2 Å². The Morgan fingerprint density at radius 3 is 2.15 bits per heavy atom. The number of anilines is 1.